The molecular weight excluding hydrogens is 218 g/mol. The van der Waals surface area contributed by atoms with Crippen LogP contribution in [0, 0.1) is 0 Å². The molecule has 0 amide bonds. The number of ketones is 1. The van der Waals surface area contributed by atoms with E-state index in [1.165, 1.54) is 6.92 Å². The lowest BCUT2D eigenvalue weighted by molar-refractivity contribution is -0.160. The Morgan fingerprint density at radius 3 is 2.25 bits per heavy atom. The molecule has 0 aromatic carbocycles. The van der Waals surface area contributed by atoms with Crippen molar-refractivity contribution in [1.82, 2.24) is 0 Å². The van der Waals surface area contributed by atoms with Gasteiger partial charge in [-0.2, -0.15) is 0 Å². The molecule has 90 valence electrons. The van der Waals surface area contributed by atoms with Crippen LogP contribution in [0.4, 0.5) is 0 Å². The molecule has 0 rings (SSSR count). The van der Waals surface area contributed by atoms with Crippen LogP contribution < -0.4 is 5.73 Å². The Kier molecular flexibility index (Phi) is 5.94. The zero-order chi connectivity index (χ0) is 12.7. The second-order valence-corrected chi connectivity index (χ2v) is 3.21. The molecule has 0 aliphatic rings. The number of Topliss-reactive ketones (excluding diaryl/α,β-unsaturated/α-hetero) is 1. The molecule has 0 saturated carbocycles. The van der Waals surface area contributed by atoms with Crippen LogP contribution in [0.2, 0.25) is 0 Å². The highest BCUT2D eigenvalue weighted by Gasteiger charge is 2.16. The molecule has 16 heavy (non-hydrogen) atoms. The third-order valence-corrected chi connectivity index (χ3v) is 1.60. The van der Waals surface area contributed by atoms with Gasteiger partial charge in [-0.05, 0) is 13.3 Å². The zero-order valence-electron chi connectivity index (χ0n) is 8.76. The monoisotopic (exact) mass is 231 g/mol. The van der Waals surface area contributed by atoms with Crippen LogP contribution in [0.1, 0.15) is 26.2 Å². The summed E-state index contributed by atoms with van der Waals surface area (Å²) in [5, 5.41) is 8.41. The van der Waals surface area contributed by atoms with Gasteiger partial charge in [0.05, 0.1) is 0 Å². The van der Waals surface area contributed by atoms with E-state index in [0.717, 1.165) is 0 Å². The zero-order valence-corrected chi connectivity index (χ0v) is 8.76. The van der Waals surface area contributed by atoms with Gasteiger partial charge >= 0.3 is 17.9 Å². The lowest BCUT2D eigenvalue weighted by Gasteiger charge is -2.05. The number of nitrogens with two attached hydrogens (primary N) is 1. The highest BCUT2D eigenvalue weighted by molar-refractivity contribution is 5.98. The average molecular weight is 231 g/mol. The number of carbonyl (C=O) groups is 4. The lowest BCUT2D eigenvalue weighted by atomic mass is 10.2. The maximum absolute atomic E-state index is 11.0. The number of carboxylic acids is 1. The number of aliphatic carboxylic acids is 1. The van der Waals surface area contributed by atoms with Gasteiger partial charge in [0.15, 0.2) is 0 Å². The second-order valence-electron chi connectivity index (χ2n) is 3.21. The molecular formula is C9H13NO6. The van der Waals surface area contributed by atoms with E-state index in [0.29, 0.717) is 0 Å². The standard InChI is InChI=1S/C9H13NO6/c1-5(11)4-8(13)16-7(12)3-2-6(10)9(14)15/h6H,2-4,10H2,1H3,(H,14,15)/t6-/m0/s1. The minimum atomic E-state index is -1.23. The van der Waals surface area contributed by atoms with Crippen molar-refractivity contribution in [2.75, 3.05) is 0 Å². The Morgan fingerprint density at radius 1 is 1.25 bits per heavy atom. The fourth-order valence-electron chi connectivity index (χ4n) is 0.814. The summed E-state index contributed by atoms with van der Waals surface area (Å²) in [6.45, 7) is 1.19. The minimum absolute atomic E-state index is 0.123. The summed E-state index contributed by atoms with van der Waals surface area (Å²) >= 11 is 0. The first-order valence-corrected chi connectivity index (χ1v) is 4.54. The third-order valence-electron chi connectivity index (χ3n) is 1.60. The number of esters is 2. The quantitative estimate of drug-likeness (QED) is 0.454. The molecule has 0 aliphatic heterocycles. The van der Waals surface area contributed by atoms with E-state index in [1.54, 1.807) is 0 Å². The Bertz CT molecular complexity index is 311. The Morgan fingerprint density at radius 2 is 1.81 bits per heavy atom. The third kappa shape index (κ3) is 6.66. The van der Waals surface area contributed by atoms with Crippen molar-refractivity contribution in [2.24, 2.45) is 5.73 Å². The van der Waals surface area contributed by atoms with Crippen molar-refractivity contribution >= 4 is 23.7 Å². The first kappa shape index (κ1) is 14.2. The number of ether oxygens (including phenoxy) is 1. The summed E-state index contributed by atoms with van der Waals surface area (Å²) in [5.41, 5.74) is 5.13. The van der Waals surface area contributed by atoms with Crippen molar-refractivity contribution in [3.63, 3.8) is 0 Å². The average Bonchev–Trinajstić information content (AvgIpc) is 2.12. The summed E-state index contributed by atoms with van der Waals surface area (Å²) in [6.07, 6.45) is -0.880. The van der Waals surface area contributed by atoms with E-state index in [9.17, 15) is 19.2 Å². The van der Waals surface area contributed by atoms with Crippen molar-refractivity contribution < 1.29 is 29.0 Å². The van der Waals surface area contributed by atoms with Crippen molar-refractivity contribution in [2.45, 2.75) is 32.2 Å². The molecule has 0 bridgehead atoms. The molecule has 0 aromatic heterocycles. The summed E-state index contributed by atoms with van der Waals surface area (Å²) in [7, 11) is 0. The molecule has 0 heterocycles. The van der Waals surface area contributed by atoms with Crippen molar-refractivity contribution in [1.29, 1.82) is 0 Å². The molecule has 7 nitrogen and oxygen atoms in total. The van der Waals surface area contributed by atoms with Crippen LogP contribution in [0.3, 0.4) is 0 Å². The number of hydrogen-bond donors (Lipinski definition) is 2. The molecule has 0 aliphatic carbocycles. The first-order valence-electron chi connectivity index (χ1n) is 4.54. The smallest absolute Gasteiger partial charge is 0.320 e. The summed E-state index contributed by atoms with van der Waals surface area (Å²) in [4.78, 5) is 42.6. The molecule has 0 fully saturated rings. The van der Waals surface area contributed by atoms with Crippen LogP contribution in [-0.2, 0) is 23.9 Å². The van der Waals surface area contributed by atoms with Gasteiger partial charge in [-0.15, -0.1) is 0 Å². The predicted molar refractivity (Wildman–Crippen MR) is 51.2 cm³/mol. The number of hydrogen-bond acceptors (Lipinski definition) is 6. The maximum Gasteiger partial charge on any atom is 0.320 e. The largest absolute Gasteiger partial charge is 0.480 e. The van der Waals surface area contributed by atoms with E-state index < -0.39 is 36.2 Å². The fourth-order valence-corrected chi connectivity index (χ4v) is 0.814. The van der Waals surface area contributed by atoms with Gasteiger partial charge in [0, 0.05) is 6.42 Å². The van der Waals surface area contributed by atoms with Crippen molar-refractivity contribution in [3.05, 3.63) is 0 Å². The normalized spacial score (nSPS) is 11.6. The molecule has 7 heteroatoms. The van der Waals surface area contributed by atoms with Crippen LogP contribution >= 0.6 is 0 Å². The summed E-state index contributed by atoms with van der Waals surface area (Å²) in [6, 6.07) is -1.17. The fraction of sp³-hybridized carbons (Fsp3) is 0.556. The summed E-state index contributed by atoms with van der Waals surface area (Å²) in [5.74, 6) is -3.48. The summed E-state index contributed by atoms with van der Waals surface area (Å²) < 4.78 is 4.24. The lowest BCUT2D eigenvalue weighted by Crippen LogP contribution is -2.31. The van der Waals surface area contributed by atoms with Gasteiger partial charge in [0.25, 0.3) is 0 Å². The van der Waals surface area contributed by atoms with Gasteiger partial charge in [0.1, 0.15) is 18.2 Å². The Balaban J connectivity index is 3.87. The predicted octanol–water partition coefficient (Wildman–Crippen LogP) is -0.773. The van der Waals surface area contributed by atoms with Crippen LogP contribution in [0.25, 0.3) is 0 Å². The molecule has 0 unspecified atom stereocenters. The molecule has 0 aromatic rings. The molecule has 0 spiro atoms. The van der Waals surface area contributed by atoms with Crippen LogP contribution in [-0.4, -0.2) is 34.8 Å². The maximum atomic E-state index is 11.0. The van der Waals surface area contributed by atoms with Gasteiger partial charge in [0.2, 0.25) is 0 Å². The number of rotatable bonds is 6. The molecule has 3 N–H and O–H groups in total. The highest BCUT2D eigenvalue weighted by Crippen LogP contribution is 1.99. The highest BCUT2D eigenvalue weighted by atomic mass is 16.6. The minimum Gasteiger partial charge on any atom is -0.480 e. The van der Waals surface area contributed by atoms with E-state index in [-0.39, 0.29) is 12.8 Å². The SMILES string of the molecule is CC(=O)CC(=O)OC(=O)CC[C@H](N)C(=O)O. The van der Waals surface area contributed by atoms with Crippen LogP contribution in [0.5, 0.6) is 0 Å². The molecule has 1 atom stereocenters. The second kappa shape index (κ2) is 6.67. The first-order chi connectivity index (χ1) is 7.32. The van der Waals surface area contributed by atoms with Gasteiger partial charge in [-0.1, -0.05) is 0 Å². The van der Waals surface area contributed by atoms with Crippen molar-refractivity contribution in [3.8, 4) is 0 Å². The van der Waals surface area contributed by atoms with Crippen LogP contribution in [0.15, 0.2) is 0 Å². The van der Waals surface area contributed by atoms with E-state index in [4.69, 9.17) is 10.8 Å². The van der Waals surface area contributed by atoms with E-state index in [2.05, 4.69) is 4.74 Å². The Hall–Kier alpha value is -1.76. The molecule has 0 radical (unpaired) electrons. The number of carbonyl (C=O) groups excluding carboxylic acids is 3. The van der Waals surface area contributed by atoms with Gasteiger partial charge in [-0.25, -0.2) is 0 Å². The van der Waals surface area contributed by atoms with Gasteiger partial charge < -0.3 is 15.6 Å². The number of carboxylic acid groups (broad SMARTS) is 1. The van der Waals surface area contributed by atoms with E-state index >= 15 is 0 Å². The Labute approximate surface area is 91.6 Å². The van der Waals surface area contributed by atoms with Gasteiger partial charge in [-0.3, -0.25) is 19.2 Å². The van der Waals surface area contributed by atoms with E-state index in [1.807, 2.05) is 0 Å². The topological polar surface area (TPSA) is 124 Å². The molecule has 0 saturated heterocycles.